The number of carbonyl (C=O) groups excluding carboxylic acids is 1. The second-order valence-electron chi connectivity index (χ2n) is 7.44. The summed E-state index contributed by atoms with van der Waals surface area (Å²) in [5.41, 5.74) is 1.80. The molecular weight excluding hydrogens is 390 g/mol. The van der Waals surface area contributed by atoms with Crippen LogP contribution in [0.25, 0.3) is 0 Å². The van der Waals surface area contributed by atoms with Crippen LogP contribution in [-0.2, 0) is 0 Å². The second-order valence-corrected chi connectivity index (χ2v) is 8.29. The molecule has 0 saturated carbocycles. The molecule has 3 heterocycles. The summed E-state index contributed by atoms with van der Waals surface area (Å²) in [6.45, 7) is 2.04. The van der Waals surface area contributed by atoms with Gasteiger partial charge in [0.1, 0.15) is 5.82 Å². The molecule has 0 spiro atoms. The van der Waals surface area contributed by atoms with Crippen molar-refractivity contribution in [3.63, 3.8) is 0 Å². The van der Waals surface area contributed by atoms with E-state index in [0.29, 0.717) is 18.1 Å². The highest BCUT2D eigenvalue weighted by Gasteiger charge is 2.43. The molecule has 26 heavy (non-hydrogen) atoms. The fraction of sp³-hybridized carbons (Fsp3) is 0.429. The Morgan fingerprint density at radius 2 is 1.77 bits per heavy atom. The van der Waals surface area contributed by atoms with Gasteiger partial charge in [-0.1, -0.05) is 18.2 Å². The maximum absolute atomic E-state index is 12.8. The van der Waals surface area contributed by atoms with E-state index in [2.05, 4.69) is 33.0 Å². The summed E-state index contributed by atoms with van der Waals surface area (Å²) >= 11 is 3.54. The molecule has 2 aliphatic heterocycles. The normalized spacial score (nSPS) is 24.6. The molecule has 1 amide bonds. The van der Waals surface area contributed by atoms with E-state index in [1.807, 2.05) is 49.2 Å². The molecule has 2 fully saturated rings. The molecule has 0 radical (unpaired) electrons. The second kappa shape index (κ2) is 7.03. The van der Waals surface area contributed by atoms with E-state index in [0.717, 1.165) is 34.4 Å². The zero-order valence-corrected chi connectivity index (χ0v) is 16.8. The summed E-state index contributed by atoms with van der Waals surface area (Å²) in [6, 6.07) is 15.0. The third kappa shape index (κ3) is 3.13. The van der Waals surface area contributed by atoms with Crippen LogP contribution in [0.3, 0.4) is 0 Å². The molecule has 0 aliphatic carbocycles. The summed E-state index contributed by atoms with van der Waals surface area (Å²) in [6.07, 6.45) is 4.40. The molecule has 4 nitrogen and oxygen atoms in total. The van der Waals surface area contributed by atoms with Crippen molar-refractivity contribution in [2.75, 3.05) is 11.9 Å². The molecule has 0 N–H and O–H groups in total. The van der Waals surface area contributed by atoms with Crippen molar-refractivity contribution < 1.29 is 4.79 Å². The van der Waals surface area contributed by atoms with Gasteiger partial charge in [0.05, 0.1) is 5.69 Å². The quantitative estimate of drug-likeness (QED) is 0.746. The van der Waals surface area contributed by atoms with E-state index in [1.165, 1.54) is 12.8 Å². The van der Waals surface area contributed by atoms with Gasteiger partial charge in [-0.3, -0.25) is 4.79 Å². The fourth-order valence-electron chi connectivity index (χ4n) is 4.46. The smallest absolute Gasteiger partial charge is 0.253 e. The molecule has 2 atom stereocenters. The maximum Gasteiger partial charge on any atom is 0.253 e. The number of rotatable bonds is 3. The minimum atomic E-state index is 0.126. The number of amides is 1. The first-order valence-corrected chi connectivity index (χ1v) is 10.1. The molecule has 1 aromatic heterocycles. The molecule has 4 rings (SSSR count). The van der Waals surface area contributed by atoms with Crippen LogP contribution in [-0.4, -0.2) is 41.0 Å². The first-order chi connectivity index (χ1) is 12.5. The summed E-state index contributed by atoms with van der Waals surface area (Å²) in [4.78, 5) is 22.0. The van der Waals surface area contributed by atoms with Crippen LogP contribution in [0.5, 0.6) is 0 Å². The SMILES string of the molecule is Cc1nc(N2C3CCC2CC(N(C)C(=O)c2ccccc2)C3)ccc1Br. The highest BCUT2D eigenvalue weighted by molar-refractivity contribution is 9.10. The predicted octanol–water partition coefficient (Wildman–Crippen LogP) is 4.42. The van der Waals surface area contributed by atoms with E-state index in [4.69, 9.17) is 4.98 Å². The number of piperidine rings is 1. The molecule has 2 bridgehead atoms. The van der Waals surface area contributed by atoms with Gasteiger partial charge in [0.2, 0.25) is 0 Å². The first-order valence-electron chi connectivity index (χ1n) is 9.28. The number of fused-ring (bicyclic) bond motifs is 2. The van der Waals surface area contributed by atoms with E-state index in [-0.39, 0.29) is 5.91 Å². The Morgan fingerprint density at radius 3 is 2.38 bits per heavy atom. The Labute approximate surface area is 163 Å². The van der Waals surface area contributed by atoms with Gasteiger partial charge in [-0.2, -0.15) is 0 Å². The summed E-state index contributed by atoms with van der Waals surface area (Å²) in [5, 5.41) is 0. The Balaban J connectivity index is 1.51. The molecule has 2 unspecified atom stereocenters. The standard InChI is InChI=1S/C21H24BrN3O/c1-14-19(22)10-11-20(23-14)25-16-8-9-17(25)13-18(12-16)24(2)21(26)15-6-4-3-5-7-15/h3-7,10-11,16-18H,8-9,12-13H2,1-2H3. The fourth-order valence-corrected chi connectivity index (χ4v) is 4.68. The van der Waals surface area contributed by atoms with E-state index >= 15 is 0 Å². The summed E-state index contributed by atoms with van der Waals surface area (Å²) in [7, 11) is 1.96. The van der Waals surface area contributed by atoms with Gasteiger partial charge in [-0.15, -0.1) is 0 Å². The highest BCUT2D eigenvalue weighted by atomic mass is 79.9. The maximum atomic E-state index is 12.8. The van der Waals surface area contributed by atoms with Crippen LogP contribution in [0, 0.1) is 6.92 Å². The number of anilines is 1. The van der Waals surface area contributed by atoms with Crippen molar-refractivity contribution in [3.8, 4) is 0 Å². The Morgan fingerprint density at radius 1 is 1.12 bits per heavy atom. The number of aryl methyl sites for hydroxylation is 1. The van der Waals surface area contributed by atoms with Gasteiger partial charge in [-0.25, -0.2) is 4.98 Å². The van der Waals surface area contributed by atoms with Crippen LogP contribution in [0.15, 0.2) is 46.9 Å². The average molecular weight is 414 g/mol. The lowest BCUT2D eigenvalue weighted by molar-refractivity contribution is 0.0693. The monoisotopic (exact) mass is 413 g/mol. The van der Waals surface area contributed by atoms with Crippen molar-refractivity contribution in [1.29, 1.82) is 0 Å². The van der Waals surface area contributed by atoms with Gasteiger partial charge in [0.15, 0.2) is 0 Å². The van der Waals surface area contributed by atoms with Crippen molar-refractivity contribution in [2.24, 2.45) is 0 Å². The largest absolute Gasteiger partial charge is 0.350 e. The molecule has 2 saturated heterocycles. The van der Waals surface area contributed by atoms with Crippen LogP contribution < -0.4 is 4.90 Å². The van der Waals surface area contributed by atoms with E-state index in [9.17, 15) is 4.79 Å². The Kier molecular flexibility index (Phi) is 4.74. The lowest BCUT2D eigenvalue weighted by Gasteiger charge is -2.43. The number of carbonyl (C=O) groups is 1. The minimum Gasteiger partial charge on any atom is -0.350 e. The van der Waals surface area contributed by atoms with Crippen LogP contribution in [0.1, 0.15) is 41.7 Å². The van der Waals surface area contributed by atoms with Crippen molar-refractivity contribution in [2.45, 2.75) is 50.7 Å². The number of aromatic nitrogens is 1. The number of halogens is 1. The number of pyridine rings is 1. The van der Waals surface area contributed by atoms with Crippen LogP contribution in [0.4, 0.5) is 5.82 Å². The van der Waals surface area contributed by atoms with Gasteiger partial charge >= 0.3 is 0 Å². The molecule has 5 heteroatoms. The lowest BCUT2D eigenvalue weighted by Crippen LogP contribution is -2.51. The zero-order valence-electron chi connectivity index (χ0n) is 15.2. The van der Waals surface area contributed by atoms with E-state index < -0.39 is 0 Å². The van der Waals surface area contributed by atoms with Gasteiger partial charge in [0, 0.05) is 35.2 Å². The zero-order chi connectivity index (χ0) is 18.3. The predicted molar refractivity (Wildman–Crippen MR) is 108 cm³/mol. The van der Waals surface area contributed by atoms with Gasteiger partial charge < -0.3 is 9.80 Å². The van der Waals surface area contributed by atoms with Gasteiger partial charge in [-0.05, 0) is 72.8 Å². The lowest BCUT2D eigenvalue weighted by atomic mass is 9.95. The third-order valence-electron chi connectivity index (χ3n) is 5.87. The molecular formula is C21H24BrN3O. The van der Waals surface area contributed by atoms with Crippen molar-refractivity contribution >= 4 is 27.7 Å². The number of hydrogen-bond donors (Lipinski definition) is 0. The topological polar surface area (TPSA) is 36.4 Å². The molecule has 2 aliphatic rings. The van der Waals surface area contributed by atoms with Gasteiger partial charge in [0.25, 0.3) is 5.91 Å². The Hall–Kier alpha value is -1.88. The highest BCUT2D eigenvalue weighted by Crippen LogP contribution is 2.40. The third-order valence-corrected chi connectivity index (χ3v) is 6.71. The molecule has 136 valence electrons. The summed E-state index contributed by atoms with van der Waals surface area (Å²) in [5.74, 6) is 1.20. The van der Waals surface area contributed by atoms with Crippen molar-refractivity contribution in [1.82, 2.24) is 9.88 Å². The number of benzene rings is 1. The number of hydrogen-bond acceptors (Lipinski definition) is 3. The van der Waals surface area contributed by atoms with Crippen molar-refractivity contribution in [3.05, 3.63) is 58.2 Å². The van der Waals surface area contributed by atoms with E-state index in [1.54, 1.807) is 0 Å². The summed E-state index contributed by atoms with van der Waals surface area (Å²) < 4.78 is 1.05. The van der Waals surface area contributed by atoms with Crippen LogP contribution in [0.2, 0.25) is 0 Å². The van der Waals surface area contributed by atoms with Crippen LogP contribution >= 0.6 is 15.9 Å². The Bertz CT molecular complexity index is 796. The number of nitrogens with zero attached hydrogens (tertiary/aromatic N) is 3. The molecule has 1 aromatic carbocycles. The molecule has 2 aromatic rings. The average Bonchev–Trinajstić information content (AvgIpc) is 2.93. The minimum absolute atomic E-state index is 0.126. The first kappa shape index (κ1) is 17.5.